The van der Waals surface area contributed by atoms with E-state index < -0.39 is 8.80 Å². The fourth-order valence-corrected chi connectivity index (χ4v) is 10.0. The quantitative estimate of drug-likeness (QED) is 0.338. The maximum Gasteiger partial charge on any atom is 0.501 e. The summed E-state index contributed by atoms with van der Waals surface area (Å²) in [5.41, 5.74) is 0. The lowest BCUT2D eigenvalue weighted by Crippen LogP contribution is -2.72. The Morgan fingerprint density at radius 2 is 1.52 bits per heavy atom. The highest BCUT2D eigenvalue weighted by atomic mass is 31.1. The molecule has 2 atom stereocenters. The summed E-state index contributed by atoms with van der Waals surface area (Å²) in [6.07, 6.45) is 5.33. The van der Waals surface area contributed by atoms with Crippen molar-refractivity contribution >= 4 is 16.7 Å². The van der Waals surface area contributed by atoms with Crippen molar-refractivity contribution in [1.29, 1.82) is 0 Å². The van der Waals surface area contributed by atoms with Gasteiger partial charge in [-0.3, -0.25) is 4.48 Å². The van der Waals surface area contributed by atoms with Gasteiger partial charge in [0.2, 0.25) is 0 Å². The van der Waals surface area contributed by atoms with Crippen LogP contribution in [0, 0.1) is 0 Å². The molecule has 0 aromatic heterocycles. The first-order valence-corrected chi connectivity index (χ1v) is 12.9. The number of quaternary nitrogens is 1. The predicted octanol–water partition coefficient (Wildman–Crippen LogP) is 2.11. The van der Waals surface area contributed by atoms with Gasteiger partial charge < -0.3 is 13.3 Å². The topological polar surface area (TPSA) is 34.2 Å². The highest BCUT2D eigenvalue weighted by molar-refractivity contribution is 7.57. The monoisotopic (exact) mass is 362 g/mol. The predicted molar refractivity (Wildman–Crippen MR) is 95.0 cm³/mol. The van der Waals surface area contributed by atoms with Gasteiger partial charge in [0.1, 0.15) is 19.6 Å². The standard InChI is InChI=1S/C15H33N3O3PSi/c1-4-19-23(20-5-2,21-6-3)9-7-8-18-11-16-10-17(12-18)14-22(13-16)15-18/h4-15H2,1-3H3/q+1. The smallest absolute Gasteiger partial charge is 0.374 e. The number of nitrogens with zero attached hydrogens (tertiary/aromatic N) is 3. The number of rotatable bonds is 10. The van der Waals surface area contributed by atoms with Crippen LogP contribution < -0.4 is 0 Å². The van der Waals surface area contributed by atoms with E-state index in [1.807, 2.05) is 20.8 Å². The van der Waals surface area contributed by atoms with Crippen molar-refractivity contribution in [2.24, 2.45) is 0 Å². The molecular weight excluding hydrogens is 329 g/mol. The molecule has 4 aliphatic rings. The Morgan fingerprint density at radius 3 is 2.00 bits per heavy atom. The summed E-state index contributed by atoms with van der Waals surface area (Å²) >= 11 is 0. The van der Waals surface area contributed by atoms with E-state index in [0.717, 1.165) is 12.5 Å². The zero-order chi connectivity index (χ0) is 16.3. The summed E-state index contributed by atoms with van der Waals surface area (Å²) in [5.74, 6) is 0. The lowest BCUT2D eigenvalue weighted by Gasteiger charge is -2.60. The van der Waals surface area contributed by atoms with Crippen LogP contribution in [0.4, 0.5) is 0 Å². The van der Waals surface area contributed by atoms with Crippen LogP contribution in [0.5, 0.6) is 0 Å². The normalized spacial score (nSPS) is 35.9. The van der Waals surface area contributed by atoms with Crippen LogP contribution in [0.25, 0.3) is 0 Å². The van der Waals surface area contributed by atoms with Crippen molar-refractivity contribution in [3.63, 3.8) is 0 Å². The zero-order valence-corrected chi connectivity index (χ0v) is 16.9. The van der Waals surface area contributed by atoms with Crippen LogP contribution >= 0.6 is 7.92 Å². The second-order valence-corrected chi connectivity index (χ2v) is 11.9. The molecule has 23 heavy (non-hydrogen) atoms. The molecule has 0 radical (unpaired) electrons. The summed E-state index contributed by atoms with van der Waals surface area (Å²) in [7, 11) is -2.25. The Labute approximate surface area is 143 Å². The average Bonchev–Trinajstić information content (AvgIpc) is 2.46. The number of hydrogen-bond acceptors (Lipinski definition) is 5. The molecule has 0 spiro atoms. The van der Waals surface area contributed by atoms with Crippen LogP contribution in [0.15, 0.2) is 0 Å². The number of hydrogen-bond donors (Lipinski definition) is 0. The molecule has 0 aliphatic carbocycles. The van der Waals surface area contributed by atoms with Gasteiger partial charge in [0.15, 0.2) is 0 Å². The fraction of sp³-hybridized carbons (Fsp3) is 1.00. The first-order chi connectivity index (χ1) is 11.1. The molecule has 0 aromatic rings. The third kappa shape index (κ3) is 4.15. The molecule has 6 nitrogen and oxygen atoms in total. The van der Waals surface area contributed by atoms with Crippen LogP contribution in [0.1, 0.15) is 27.2 Å². The summed E-state index contributed by atoms with van der Waals surface area (Å²) in [6.45, 7) is 13.1. The van der Waals surface area contributed by atoms with Crippen molar-refractivity contribution in [2.45, 2.75) is 33.2 Å². The molecular formula is C15H33N3O3PSi+. The lowest BCUT2D eigenvalue weighted by atomic mass is 10.3. The third-order valence-electron chi connectivity index (χ3n) is 4.91. The Hall–Kier alpha value is 0.407. The largest absolute Gasteiger partial charge is 0.501 e. The molecule has 0 amide bonds. The molecule has 0 saturated carbocycles. The van der Waals surface area contributed by atoms with E-state index in [9.17, 15) is 0 Å². The zero-order valence-electron chi connectivity index (χ0n) is 15.0. The van der Waals surface area contributed by atoms with E-state index in [-0.39, 0.29) is 7.92 Å². The van der Waals surface area contributed by atoms with Gasteiger partial charge in [0.25, 0.3) is 0 Å². The van der Waals surface area contributed by atoms with Gasteiger partial charge in [-0.05, 0) is 28.7 Å². The van der Waals surface area contributed by atoms with Crippen LogP contribution in [0.2, 0.25) is 6.04 Å². The van der Waals surface area contributed by atoms with Gasteiger partial charge in [-0.1, -0.05) is 0 Å². The Kier molecular flexibility index (Phi) is 6.13. The average molecular weight is 363 g/mol. The molecule has 4 bridgehead atoms. The van der Waals surface area contributed by atoms with Gasteiger partial charge in [-0.2, -0.15) is 0 Å². The SMILES string of the molecule is CCO[Si](CCC[N+]12CN3CN(CP(C3)C1)C2)(OCC)OCC. The molecule has 4 fully saturated rings. The van der Waals surface area contributed by atoms with E-state index in [0.29, 0.717) is 19.8 Å². The summed E-state index contributed by atoms with van der Waals surface area (Å²) in [4.78, 5) is 5.33. The summed E-state index contributed by atoms with van der Waals surface area (Å²) < 4.78 is 19.3. The van der Waals surface area contributed by atoms with Gasteiger partial charge in [0.05, 0.1) is 13.2 Å². The molecule has 2 unspecified atom stereocenters. The van der Waals surface area contributed by atoms with Crippen molar-refractivity contribution in [2.75, 3.05) is 65.2 Å². The minimum atomic E-state index is -2.46. The molecule has 4 rings (SSSR count). The highest BCUT2D eigenvalue weighted by Crippen LogP contribution is 2.50. The highest BCUT2D eigenvalue weighted by Gasteiger charge is 2.49. The van der Waals surface area contributed by atoms with Crippen LogP contribution in [0.3, 0.4) is 0 Å². The van der Waals surface area contributed by atoms with Crippen molar-refractivity contribution in [1.82, 2.24) is 9.80 Å². The van der Waals surface area contributed by atoms with E-state index in [2.05, 4.69) is 9.80 Å². The fourth-order valence-electron chi connectivity index (χ4n) is 4.50. The van der Waals surface area contributed by atoms with Gasteiger partial charge in [-0.15, -0.1) is 0 Å². The van der Waals surface area contributed by atoms with Gasteiger partial charge >= 0.3 is 8.80 Å². The maximum atomic E-state index is 6.00. The lowest BCUT2D eigenvalue weighted by molar-refractivity contribution is -0.948. The van der Waals surface area contributed by atoms with E-state index in [1.54, 1.807) is 0 Å². The van der Waals surface area contributed by atoms with Crippen LogP contribution in [-0.4, -0.2) is 88.3 Å². The third-order valence-corrected chi connectivity index (χ3v) is 10.7. The first kappa shape index (κ1) is 18.2. The molecule has 4 heterocycles. The molecule has 0 N–H and O–H groups in total. The Bertz CT molecular complexity index is 348. The molecule has 0 aromatic carbocycles. The van der Waals surface area contributed by atoms with Crippen molar-refractivity contribution < 1.29 is 17.8 Å². The van der Waals surface area contributed by atoms with E-state index >= 15 is 0 Å². The maximum absolute atomic E-state index is 6.00. The second-order valence-electron chi connectivity index (χ2n) is 7.01. The van der Waals surface area contributed by atoms with Gasteiger partial charge in [-0.25, -0.2) is 9.80 Å². The molecule has 8 heteroatoms. The van der Waals surface area contributed by atoms with E-state index in [4.69, 9.17) is 13.3 Å². The summed E-state index contributed by atoms with van der Waals surface area (Å²) in [6, 6.07) is 0.959. The van der Waals surface area contributed by atoms with Crippen molar-refractivity contribution in [3.05, 3.63) is 0 Å². The first-order valence-electron chi connectivity index (χ1n) is 9.06. The molecule has 4 saturated heterocycles. The van der Waals surface area contributed by atoms with E-state index in [1.165, 1.54) is 49.9 Å². The minimum absolute atomic E-state index is 0.217. The Morgan fingerprint density at radius 1 is 0.957 bits per heavy atom. The van der Waals surface area contributed by atoms with Crippen molar-refractivity contribution in [3.8, 4) is 0 Å². The summed E-state index contributed by atoms with van der Waals surface area (Å²) in [5, 5.41) is 0. The molecule has 4 aliphatic heterocycles. The Balaban J connectivity index is 1.56. The second kappa shape index (κ2) is 7.75. The molecule has 134 valence electrons. The minimum Gasteiger partial charge on any atom is -0.374 e. The van der Waals surface area contributed by atoms with Crippen LogP contribution in [-0.2, 0) is 13.3 Å². The van der Waals surface area contributed by atoms with Gasteiger partial charge in [0, 0.05) is 44.9 Å².